The quantitative estimate of drug-likeness (QED) is 0.522. The van der Waals surface area contributed by atoms with E-state index in [4.69, 9.17) is 15.9 Å². The number of hydrogen-bond donors (Lipinski definition) is 4. The average molecular weight is 300 g/mol. The van der Waals surface area contributed by atoms with Crippen LogP contribution in [-0.2, 0) is 14.4 Å². The number of carbonyl (C=O) groups is 3. The van der Waals surface area contributed by atoms with Gasteiger partial charge in [0.1, 0.15) is 0 Å². The molecule has 1 aliphatic carbocycles. The molecule has 0 radical (unpaired) electrons. The monoisotopic (exact) mass is 300 g/mol. The molecule has 0 saturated heterocycles. The summed E-state index contributed by atoms with van der Waals surface area (Å²) in [6.45, 7) is 0.291. The molecule has 0 aromatic heterocycles. The lowest BCUT2D eigenvalue weighted by Gasteiger charge is -2.36. The van der Waals surface area contributed by atoms with Crippen molar-refractivity contribution in [2.75, 3.05) is 6.54 Å². The van der Waals surface area contributed by atoms with Gasteiger partial charge < -0.3 is 21.3 Å². The first kappa shape index (κ1) is 17.4. The van der Waals surface area contributed by atoms with Crippen LogP contribution >= 0.6 is 0 Å². The van der Waals surface area contributed by atoms with Gasteiger partial charge in [0.2, 0.25) is 5.91 Å². The SMILES string of the molecule is NC(CCC(=O)O)C(=O)NCC1(CC(=O)O)CCCCC1. The molecule has 0 aromatic rings. The summed E-state index contributed by atoms with van der Waals surface area (Å²) in [5, 5.41) is 20.3. The molecule has 1 atom stereocenters. The third-order valence-electron chi connectivity index (χ3n) is 4.08. The summed E-state index contributed by atoms with van der Waals surface area (Å²) in [5.74, 6) is -2.26. The van der Waals surface area contributed by atoms with Gasteiger partial charge in [0.05, 0.1) is 12.5 Å². The summed E-state index contributed by atoms with van der Waals surface area (Å²) in [6, 6.07) is -0.869. The molecule has 5 N–H and O–H groups in total. The zero-order chi connectivity index (χ0) is 15.9. The van der Waals surface area contributed by atoms with Crippen LogP contribution in [0.25, 0.3) is 0 Å². The molecule has 0 bridgehead atoms. The van der Waals surface area contributed by atoms with Crippen molar-refractivity contribution in [2.45, 2.75) is 57.4 Å². The highest BCUT2D eigenvalue weighted by Crippen LogP contribution is 2.38. The zero-order valence-corrected chi connectivity index (χ0v) is 12.1. The number of amides is 1. The van der Waals surface area contributed by atoms with Crippen molar-refractivity contribution in [3.05, 3.63) is 0 Å². The predicted octanol–water partition coefficient (Wildman–Crippen LogP) is 0.720. The van der Waals surface area contributed by atoms with Gasteiger partial charge in [-0.2, -0.15) is 0 Å². The van der Waals surface area contributed by atoms with Gasteiger partial charge in [-0.3, -0.25) is 14.4 Å². The normalized spacial score (nSPS) is 18.7. The van der Waals surface area contributed by atoms with Crippen LogP contribution in [0.3, 0.4) is 0 Å². The topological polar surface area (TPSA) is 130 Å². The van der Waals surface area contributed by atoms with Crippen molar-refractivity contribution in [2.24, 2.45) is 11.1 Å². The molecule has 1 unspecified atom stereocenters. The van der Waals surface area contributed by atoms with Crippen molar-refractivity contribution in [3.8, 4) is 0 Å². The molecule has 7 nitrogen and oxygen atoms in total. The lowest BCUT2D eigenvalue weighted by Crippen LogP contribution is -2.46. The largest absolute Gasteiger partial charge is 0.481 e. The van der Waals surface area contributed by atoms with Crippen LogP contribution in [0, 0.1) is 5.41 Å². The second-order valence-corrected chi connectivity index (χ2v) is 5.89. The summed E-state index contributed by atoms with van der Waals surface area (Å²) in [6.07, 6.45) is 4.55. The number of rotatable bonds is 8. The van der Waals surface area contributed by atoms with Gasteiger partial charge >= 0.3 is 11.9 Å². The van der Waals surface area contributed by atoms with Gasteiger partial charge in [0.25, 0.3) is 0 Å². The second-order valence-electron chi connectivity index (χ2n) is 5.89. The molecule has 1 saturated carbocycles. The molecule has 0 spiro atoms. The van der Waals surface area contributed by atoms with Crippen molar-refractivity contribution in [3.63, 3.8) is 0 Å². The number of aliphatic carboxylic acids is 2. The van der Waals surface area contributed by atoms with Gasteiger partial charge in [-0.15, -0.1) is 0 Å². The van der Waals surface area contributed by atoms with Gasteiger partial charge in [0, 0.05) is 13.0 Å². The Morgan fingerprint density at radius 1 is 1.10 bits per heavy atom. The number of carbonyl (C=O) groups excluding carboxylic acids is 1. The molecule has 21 heavy (non-hydrogen) atoms. The molecule has 1 rings (SSSR count). The highest BCUT2D eigenvalue weighted by Gasteiger charge is 2.35. The summed E-state index contributed by atoms with van der Waals surface area (Å²) in [7, 11) is 0. The molecule has 1 amide bonds. The van der Waals surface area contributed by atoms with Crippen molar-refractivity contribution in [1.29, 1.82) is 0 Å². The highest BCUT2D eigenvalue weighted by atomic mass is 16.4. The van der Waals surface area contributed by atoms with Crippen molar-refractivity contribution in [1.82, 2.24) is 5.32 Å². The first-order valence-corrected chi connectivity index (χ1v) is 7.31. The van der Waals surface area contributed by atoms with Gasteiger partial charge in [0.15, 0.2) is 0 Å². The van der Waals surface area contributed by atoms with E-state index in [1.54, 1.807) is 0 Å². The van der Waals surface area contributed by atoms with Crippen LogP contribution in [-0.4, -0.2) is 40.6 Å². The molecule has 1 aliphatic rings. The standard InChI is InChI=1S/C14H24N2O5/c15-10(4-5-11(17)18)13(21)16-9-14(8-12(19)20)6-2-1-3-7-14/h10H,1-9,15H2,(H,16,21)(H,17,18)(H,19,20). The molecule has 120 valence electrons. The third-order valence-corrected chi connectivity index (χ3v) is 4.08. The number of nitrogens with one attached hydrogen (secondary N) is 1. The van der Waals surface area contributed by atoms with Crippen LogP contribution in [0.1, 0.15) is 51.4 Å². The number of hydrogen-bond acceptors (Lipinski definition) is 4. The van der Waals surface area contributed by atoms with Gasteiger partial charge in [-0.05, 0) is 24.7 Å². The first-order valence-electron chi connectivity index (χ1n) is 7.31. The summed E-state index contributed by atoms with van der Waals surface area (Å²) < 4.78 is 0. The maximum atomic E-state index is 11.8. The zero-order valence-electron chi connectivity index (χ0n) is 12.1. The first-order chi connectivity index (χ1) is 9.84. The summed E-state index contributed by atoms with van der Waals surface area (Å²) in [5.41, 5.74) is 5.24. The fourth-order valence-corrected chi connectivity index (χ4v) is 2.85. The van der Waals surface area contributed by atoms with Crippen LogP contribution in [0.2, 0.25) is 0 Å². The Morgan fingerprint density at radius 3 is 2.24 bits per heavy atom. The molecular formula is C14H24N2O5. The molecule has 0 aliphatic heterocycles. The maximum absolute atomic E-state index is 11.8. The van der Waals surface area contributed by atoms with Crippen LogP contribution < -0.4 is 11.1 Å². The maximum Gasteiger partial charge on any atom is 0.303 e. The van der Waals surface area contributed by atoms with Crippen LogP contribution in [0.15, 0.2) is 0 Å². The Bertz CT molecular complexity index is 391. The molecule has 0 heterocycles. The minimum absolute atomic E-state index is 0.0393. The number of nitrogens with two attached hydrogens (primary N) is 1. The number of carboxylic acids is 2. The van der Waals surface area contributed by atoms with Crippen LogP contribution in [0.4, 0.5) is 0 Å². The van der Waals surface area contributed by atoms with E-state index in [1.807, 2.05) is 0 Å². The fraction of sp³-hybridized carbons (Fsp3) is 0.786. The molecule has 1 fully saturated rings. The van der Waals surface area contributed by atoms with Crippen LogP contribution in [0.5, 0.6) is 0 Å². The van der Waals surface area contributed by atoms with E-state index in [-0.39, 0.29) is 19.3 Å². The van der Waals surface area contributed by atoms with Gasteiger partial charge in [-0.1, -0.05) is 19.3 Å². The van der Waals surface area contributed by atoms with E-state index in [2.05, 4.69) is 5.32 Å². The molecular weight excluding hydrogens is 276 g/mol. The minimum atomic E-state index is -0.993. The summed E-state index contributed by atoms with van der Waals surface area (Å²) in [4.78, 5) is 33.3. The Morgan fingerprint density at radius 2 is 1.71 bits per heavy atom. The van der Waals surface area contributed by atoms with E-state index >= 15 is 0 Å². The average Bonchev–Trinajstić information content (AvgIpc) is 2.42. The predicted molar refractivity (Wildman–Crippen MR) is 75.6 cm³/mol. The van der Waals surface area contributed by atoms with Crippen molar-refractivity contribution >= 4 is 17.8 Å². The Labute approximate surface area is 123 Å². The Hall–Kier alpha value is -1.63. The Kier molecular flexibility index (Phi) is 6.61. The Balaban J connectivity index is 2.50. The highest BCUT2D eigenvalue weighted by molar-refractivity contribution is 5.82. The van der Waals surface area contributed by atoms with E-state index in [0.29, 0.717) is 6.54 Å². The van der Waals surface area contributed by atoms with E-state index < -0.39 is 29.3 Å². The van der Waals surface area contributed by atoms with Crippen molar-refractivity contribution < 1.29 is 24.6 Å². The minimum Gasteiger partial charge on any atom is -0.481 e. The van der Waals surface area contributed by atoms with Gasteiger partial charge in [-0.25, -0.2) is 0 Å². The molecule has 0 aromatic carbocycles. The fourth-order valence-electron chi connectivity index (χ4n) is 2.85. The summed E-state index contributed by atoms with van der Waals surface area (Å²) >= 11 is 0. The number of carboxylic acid groups (broad SMARTS) is 2. The van der Waals surface area contributed by atoms with E-state index in [1.165, 1.54) is 0 Å². The lowest BCUT2D eigenvalue weighted by molar-refractivity contribution is -0.141. The third kappa shape index (κ3) is 6.12. The second kappa shape index (κ2) is 7.97. The van der Waals surface area contributed by atoms with E-state index in [9.17, 15) is 14.4 Å². The lowest BCUT2D eigenvalue weighted by atomic mass is 9.71. The smallest absolute Gasteiger partial charge is 0.303 e. The van der Waals surface area contributed by atoms with E-state index in [0.717, 1.165) is 32.1 Å². The molecule has 7 heteroatoms.